The highest BCUT2D eigenvalue weighted by molar-refractivity contribution is 6.10. The zero-order valence-corrected chi connectivity index (χ0v) is 16.6. The lowest BCUT2D eigenvalue weighted by atomic mass is 10.2. The van der Waals surface area contributed by atoms with E-state index in [1.807, 2.05) is 24.3 Å². The molecule has 2 aromatic heterocycles. The molecule has 4 rings (SSSR count). The fraction of sp³-hybridized carbons (Fsp3) is 0.227. The quantitative estimate of drug-likeness (QED) is 0.459. The predicted octanol–water partition coefficient (Wildman–Crippen LogP) is 3.27. The van der Waals surface area contributed by atoms with Gasteiger partial charge in [-0.25, -0.2) is 14.4 Å². The van der Waals surface area contributed by atoms with Gasteiger partial charge in [0.1, 0.15) is 22.7 Å². The number of methoxy groups -OCH3 is 1. The van der Waals surface area contributed by atoms with Crippen LogP contribution in [0.4, 0.5) is 10.2 Å². The van der Waals surface area contributed by atoms with Crippen LogP contribution < -0.4 is 11.1 Å². The molecule has 3 N–H and O–H groups in total. The highest BCUT2D eigenvalue weighted by atomic mass is 19.1. The number of benzene rings is 2. The molecule has 2 heterocycles. The van der Waals surface area contributed by atoms with Gasteiger partial charge < -0.3 is 20.4 Å². The number of amides is 1. The maximum Gasteiger partial charge on any atom is 0.257 e. The molecule has 0 saturated heterocycles. The second kappa shape index (κ2) is 8.46. The molecule has 1 amide bonds. The van der Waals surface area contributed by atoms with Crippen molar-refractivity contribution >= 4 is 33.9 Å². The van der Waals surface area contributed by atoms with Crippen molar-refractivity contribution in [1.82, 2.24) is 19.9 Å². The van der Waals surface area contributed by atoms with Crippen LogP contribution >= 0.6 is 0 Å². The van der Waals surface area contributed by atoms with E-state index in [0.717, 1.165) is 17.5 Å². The van der Waals surface area contributed by atoms with Crippen molar-refractivity contribution in [3.05, 3.63) is 65.5 Å². The van der Waals surface area contributed by atoms with Gasteiger partial charge in [-0.1, -0.05) is 24.3 Å². The zero-order valence-electron chi connectivity index (χ0n) is 16.6. The zero-order chi connectivity index (χ0) is 21.1. The summed E-state index contributed by atoms with van der Waals surface area (Å²) in [6.45, 7) is 1.36. The number of aryl methyl sites for hydroxylation is 1. The van der Waals surface area contributed by atoms with Gasteiger partial charge in [-0.3, -0.25) is 4.79 Å². The molecule has 0 spiro atoms. The molecule has 0 saturated carbocycles. The highest BCUT2D eigenvalue weighted by Gasteiger charge is 2.23. The number of halogens is 1. The molecule has 0 unspecified atom stereocenters. The summed E-state index contributed by atoms with van der Waals surface area (Å²) in [6.07, 6.45) is 0.718. The van der Waals surface area contributed by atoms with E-state index in [1.54, 1.807) is 23.8 Å². The van der Waals surface area contributed by atoms with Gasteiger partial charge in [-0.2, -0.15) is 0 Å². The first-order chi connectivity index (χ1) is 14.6. The lowest BCUT2D eigenvalue weighted by Gasteiger charge is -2.08. The predicted molar refractivity (Wildman–Crippen MR) is 114 cm³/mol. The number of nitrogens with zero attached hydrogens (tertiary/aromatic N) is 3. The summed E-state index contributed by atoms with van der Waals surface area (Å²) in [4.78, 5) is 22.4. The minimum absolute atomic E-state index is 0.246. The van der Waals surface area contributed by atoms with Crippen LogP contribution in [0.1, 0.15) is 22.3 Å². The average molecular weight is 407 g/mol. The van der Waals surface area contributed by atoms with Crippen LogP contribution in [0.2, 0.25) is 0 Å². The van der Waals surface area contributed by atoms with Crippen LogP contribution in [0.3, 0.4) is 0 Å². The first kappa shape index (κ1) is 19.8. The normalized spacial score (nSPS) is 11.3. The number of anilines is 1. The van der Waals surface area contributed by atoms with Crippen molar-refractivity contribution in [2.24, 2.45) is 0 Å². The molecule has 2 aromatic carbocycles. The minimum atomic E-state index is -0.350. The third kappa shape index (κ3) is 3.81. The smallest absolute Gasteiger partial charge is 0.257 e. The van der Waals surface area contributed by atoms with E-state index in [-0.39, 0.29) is 18.3 Å². The number of hydrogen-bond acceptors (Lipinski definition) is 5. The lowest BCUT2D eigenvalue weighted by Crippen LogP contribution is -2.24. The van der Waals surface area contributed by atoms with Crippen molar-refractivity contribution in [1.29, 1.82) is 0 Å². The van der Waals surface area contributed by atoms with E-state index in [9.17, 15) is 9.18 Å². The molecule has 154 valence electrons. The van der Waals surface area contributed by atoms with Gasteiger partial charge >= 0.3 is 0 Å². The Hall–Kier alpha value is -3.52. The summed E-state index contributed by atoms with van der Waals surface area (Å²) >= 11 is 0. The molecule has 0 aliphatic heterocycles. The summed E-state index contributed by atoms with van der Waals surface area (Å²) in [6, 6.07) is 13.4. The third-order valence-corrected chi connectivity index (χ3v) is 4.92. The topological polar surface area (TPSA) is 95.1 Å². The van der Waals surface area contributed by atoms with Crippen LogP contribution in [0.5, 0.6) is 0 Å². The van der Waals surface area contributed by atoms with Gasteiger partial charge in [0.15, 0.2) is 5.65 Å². The number of rotatable bonds is 7. The highest BCUT2D eigenvalue weighted by Crippen LogP contribution is 2.28. The number of fused-ring (bicyclic) bond motifs is 2. The average Bonchev–Trinajstić information content (AvgIpc) is 3.02. The number of nitrogens with two attached hydrogens (primary N) is 1. The van der Waals surface area contributed by atoms with Crippen molar-refractivity contribution in [3.63, 3.8) is 0 Å². The maximum absolute atomic E-state index is 13.1. The van der Waals surface area contributed by atoms with Crippen LogP contribution in [-0.4, -0.2) is 34.2 Å². The summed E-state index contributed by atoms with van der Waals surface area (Å²) in [5.74, 6) is -0.361. The Balaban J connectivity index is 1.73. The van der Waals surface area contributed by atoms with E-state index >= 15 is 0 Å². The van der Waals surface area contributed by atoms with Gasteiger partial charge in [0.05, 0.1) is 11.0 Å². The van der Waals surface area contributed by atoms with Crippen LogP contribution in [0.25, 0.3) is 22.2 Å². The van der Waals surface area contributed by atoms with Crippen molar-refractivity contribution in [3.8, 4) is 0 Å². The van der Waals surface area contributed by atoms with E-state index < -0.39 is 0 Å². The first-order valence-corrected chi connectivity index (χ1v) is 9.64. The van der Waals surface area contributed by atoms with Crippen LogP contribution in [0, 0.1) is 5.82 Å². The summed E-state index contributed by atoms with van der Waals surface area (Å²) in [5.41, 5.74) is 9.90. The third-order valence-electron chi connectivity index (χ3n) is 4.92. The van der Waals surface area contributed by atoms with Crippen LogP contribution in [-0.2, 0) is 17.8 Å². The number of nitrogens with one attached hydrogen (secondary N) is 1. The Morgan fingerprint density at radius 3 is 2.53 bits per heavy atom. The molecular weight excluding hydrogens is 385 g/mol. The monoisotopic (exact) mass is 407 g/mol. The minimum Gasteiger partial charge on any atom is -0.385 e. The molecule has 8 heteroatoms. The molecule has 30 heavy (non-hydrogen) atoms. The Morgan fingerprint density at radius 2 is 1.83 bits per heavy atom. The second-order valence-corrected chi connectivity index (χ2v) is 6.95. The van der Waals surface area contributed by atoms with E-state index in [2.05, 4.69) is 10.3 Å². The van der Waals surface area contributed by atoms with E-state index in [0.29, 0.717) is 41.2 Å². The van der Waals surface area contributed by atoms with Gasteiger partial charge in [-0.05, 0) is 36.2 Å². The van der Waals surface area contributed by atoms with E-state index in [4.69, 9.17) is 15.5 Å². The molecule has 0 aliphatic rings. The number of ether oxygens (including phenoxy) is 1. The molecule has 0 bridgehead atoms. The summed E-state index contributed by atoms with van der Waals surface area (Å²) < 4.78 is 20.1. The fourth-order valence-electron chi connectivity index (χ4n) is 3.41. The van der Waals surface area contributed by atoms with Gasteiger partial charge in [0.2, 0.25) is 0 Å². The van der Waals surface area contributed by atoms with Crippen molar-refractivity contribution < 1.29 is 13.9 Å². The van der Waals surface area contributed by atoms with Gasteiger partial charge in [0.25, 0.3) is 5.91 Å². The number of carbonyl (C=O) groups excluding carboxylic acids is 1. The lowest BCUT2D eigenvalue weighted by molar-refractivity contribution is 0.0953. The Kier molecular flexibility index (Phi) is 5.58. The summed E-state index contributed by atoms with van der Waals surface area (Å²) in [7, 11) is 1.64. The molecule has 0 atom stereocenters. The van der Waals surface area contributed by atoms with Gasteiger partial charge in [0, 0.05) is 26.8 Å². The SMILES string of the molecule is COCCCn1c(N)c(C(=O)NCc2ccc(F)cc2)c2nc3ccccc3nc21. The van der Waals surface area contributed by atoms with Crippen molar-refractivity contribution in [2.45, 2.75) is 19.5 Å². The van der Waals surface area contributed by atoms with Gasteiger partial charge in [-0.15, -0.1) is 0 Å². The Morgan fingerprint density at radius 1 is 1.13 bits per heavy atom. The number of hydrogen-bond donors (Lipinski definition) is 2. The fourth-order valence-corrected chi connectivity index (χ4v) is 3.41. The standard InChI is InChI=1S/C22H22FN5O2/c1-30-12-4-11-28-20(24)18(22(29)25-13-14-7-9-15(23)10-8-14)19-21(28)27-17-6-3-2-5-16(17)26-19/h2-3,5-10H,4,11-13,24H2,1H3,(H,25,29). The molecular formula is C22H22FN5O2. The van der Waals surface area contributed by atoms with Crippen LogP contribution in [0.15, 0.2) is 48.5 Å². The molecule has 7 nitrogen and oxygen atoms in total. The van der Waals surface area contributed by atoms with E-state index in [1.165, 1.54) is 12.1 Å². The van der Waals surface area contributed by atoms with Crippen molar-refractivity contribution in [2.75, 3.05) is 19.5 Å². The maximum atomic E-state index is 13.1. The number of carbonyl (C=O) groups is 1. The largest absolute Gasteiger partial charge is 0.385 e. The number of aromatic nitrogens is 3. The number of para-hydroxylation sites is 2. The molecule has 0 fully saturated rings. The molecule has 0 aliphatic carbocycles. The molecule has 4 aromatic rings. The molecule has 0 radical (unpaired) electrons. The first-order valence-electron chi connectivity index (χ1n) is 9.64. The Bertz CT molecular complexity index is 1200. The second-order valence-electron chi connectivity index (χ2n) is 6.95. The Labute approximate surface area is 172 Å². The summed E-state index contributed by atoms with van der Waals surface area (Å²) in [5, 5.41) is 2.85. The number of nitrogen functional groups attached to an aromatic ring is 1.